The minimum atomic E-state index is -0.860. The zero-order valence-electron chi connectivity index (χ0n) is 12.8. The number of carboxylic acids is 1. The predicted octanol–water partition coefficient (Wildman–Crippen LogP) is 3.34. The Kier molecular flexibility index (Phi) is 4.77. The number of aliphatic carboxylic acids is 1. The van der Waals surface area contributed by atoms with Crippen LogP contribution in [0.25, 0.3) is 10.2 Å². The number of hydrogen-bond acceptors (Lipinski definition) is 5. The molecule has 2 N–H and O–H groups in total. The number of nitrogens with zero attached hydrogens (tertiary/aromatic N) is 2. The molecule has 6 heteroatoms. The third-order valence-electron chi connectivity index (χ3n) is 3.38. The Morgan fingerprint density at radius 2 is 2.05 bits per heavy atom. The van der Waals surface area contributed by atoms with Crippen LogP contribution in [0.15, 0.2) is 6.07 Å². The molecule has 1 atom stereocenters. The molecule has 21 heavy (non-hydrogen) atoms. The molecule has 0 saturated heterocycles. The van der Waals surface area contributed by atoms with Crippen LogP contribution in [0.5, 0.6) is 0 Å². The summed E-state index contributed by atoms with van der Waals surface area (Å²) in [5.74, 6) is 0.485. The maximum atomic E-state index is 11.4. The molecule has 0 aliphatic heterocycles. The summed E-state index contributed by atoms with van der Waals surface area (Å²) >= 11 is 1.65. The first-order valence-corrected chi connectivity index (χ1v) is 8.06. The van der Waals surface area contributed by atoms with Crippen LogP contribution < -0.4 is 5.32 Å². The van der Waals surface area contributed by atoms with Gasteiger partial charge in [-0.15, -0.1) is 11.3 Å². The monoisotopic (exact) mass is 307 g/mol. The SMILES string of the molecule is CCc1nc(NC(C(=O)O)C(C)C)c2cc(CC)sc2n1. The molecule has 2 aromatic rings. The molecular weight excluding hydrogens is 286 g/mol. The van der Waals surface area contributed by atoms with Gasteiger partial charge in [0.25, 0.3) is 0 Å². The van der Waals surface area contributed by atoms with Gasteiger partial charge in [0.1, 0.15) is 22.5 Å². The van der Waals surface area contributed by atoms with Crippen molar-refractivity contribution in [2.24, 2.45) is 5.92 Å². The van der Waals surface area contributed by atoms with Crippen LogP contribution in [0.4, 0.5) is 5.82 Å². The van der Waals surface area contributed by atoms with Crippen molar-refractivity contribution in [3.05, 3.63) is 16.8 Å². The largest absolute Gasteiger partial charge is 0.480 e. The highest BCUT2D eigenvalue weighted by atomic mass is 32.1. The number of nitrogens with one attached hydrogen (secondary N) is 1. The third-order valence-corrected chi connectivity index (χ3v) is 4.55. The van der Waals surface area contributed by atoms with E-state index in [1.54, 1.807) is 11.3 Å². The van der Waals surface area contributed by atoms with Gasteiger partial charge in [-0.25, -0.2) is 14.8 Å². The summed E-state index contributed by atoms with van der Waals surface area (Å²) in [4.78, 5) is 22.6. The number of carboxylic acid groups (broad SMARTS) is 1. The fourth-order valence-corrected chi connectivity index (χ4v) is 3.10. The van der Waals surface area contributed by atoms with Crippen LogP contribution in [0, 0.1) is 5.92 Å². The van der Waals surface area contributed by atoms with E-state index in [0.717, 1.165) is 28.9 Å². The third kappa shape index (κ3) is 3.32. The summed E-state index contributed by atoms with van der Waals surface area (Å²) < 4.78 is 0. The number of aromatic nitrogens is 2. The Morgan fingerprint density at radius 3 is 2.57 bits per heavy atom. The minimum absolute atomic E-state index is 0.0260. The zero-order chi connectivity index (χ0) is 15.6. The highest BCUT2D eigenvalue weighted by molar-refractivity contribution is 7.18. The van der Waals surface area contributed by atoms with Crippen molar-refractivity contribution in [3.63, 3.8) is 0 Å². The molecule has 0 aliphatic rings. The average molecular weight is 307 g/mol. The molecule has 0 fully saturated rings. The van der Waals surface area contributed by atoms with Crippen molar-refractivity contribution >= 4 is 33.3 Å². The Morgan fingerprint density at radius 1 is 1.33 bits per heavy atom. The predicted molar refractivity (Wildman–Crippen MR) is 86.1 cm³/mol. The average Bonchev–Trinajstić information content (AvgIpc) is 2.86. The lowest BCUT2D eigenvalue weighted by Gasteiger charge is -2.19. The fourth-order valence-electron chi connectivity index (χ4n) is 2.12. The molecule has 0 amide bonds. The van der Waals surface area contributed by atoms with Crippen LogP contribution in [0.2, 0.25) is 0 Å². The number of aryl methyl sites for hydroxylation is 2. The van der Waals surface area contributed by atoms with Crippen molar-refractivity contribution in [1.29, 1.82) is 0 Å². The van der Waals surface area contributed by atoms with Gasteiger partial charge in [-0.2, -0.15) is 0 Å². The zero-order valence-corrected chi connectivity index (χ0v) is 13.6. The van der Waals surface area contributed by atoms with E-state index in [0.29, 0.717) is 5.82 Å². The first-order valence-electron chi connectivity index (χ1n) is 7.24. The highest BCUT2D eigenvalue weighted by Crippen LogP contribution is 2.30. The molecule has 0 aliphatic carbocycles. The van der Waals surface area contributed by atoms with Crippen molar-refractivity contribution in [2.75, 3.05) is 5.32 Å². The molecule has 2 aromatic heterocycles. The standard InChI is InChI=1S/C15H21N3O2S/c1-5-9-7-10-13(18-12(8(3)4)15(19)20)16-11(6-2)17-14(10)21-9/h7-8,12H,5-6H2,1-4H3,(H,19,20)(H,16,17,18). The topological polar surface area (TPSA) is 75.1 Å². The molecule has 114 valence electrons. The summed E-state index contributed by atoms with van der Waals surface area (Å²) in [6.45, 7) is 7.86. The summed E-state index contributed by atoms with van der Waals surface area (Å²) in [6.07, 6.45) is 1.66. The van der Waals surface area contributed by atoms with Gasteiger partial charge in [0.05, 0.1) is 5.39 Å². The van der Waals surface area contributed by atoms with Crippen LogP contribution >= 0.6 is 11.3 Å². The second kappa shape index (κ2) is 6.39. The van der Waals surface area contributed by atoms with E-state index in [4.69, 9.17) is 0 Å². The van der Waals surface area contributed by atoms with Crippen LogP contribution in [-0.2, 0) is 17.6 Å². The Bertz CT molecular complexity index is 652. The second-order valence-corrected chi connectivity index (χ2v) is 6.45. The van der Waals surface area contributed by atoms with E-state index in [1.165, 1.54) is 4.88 Å². The normalized spacial score (nSPS) is 12.8. The van der Waals surface area contributed by atoms with E-state index < -0.39 is 12.0 Å². The molecule has 0 bridgehead atoms. The Hall–Kier alpha value is -1.69. The summed E-state index contributed by atoms with van der Waals surface area (Å²) in [6, 6.07) is 1.40. The van der Waals surface area contributed by atoms with Gasteiger partial charge in [-0.05, 0) is 18.4 Å². The summed E-state index contributed by atoms with van der Waals surface area (Å²) in [7, 11) is 0. The molecule has 1 unspecified atom stereocenters. The molecule has 2 heterocycles. The summed E-state index contributed by atoms with van der Waals surface area (Å²) in [5, 5.41) is 13.4. The smallest absolute Gasteiger partial charge is 0.326 e. The minimum Gasteiger partial charge on any atom is -0.480 e. The van der Waals surface area contributed by atoms with E-state index in [9.17, 15) is 9.90 Å². The first-order chi connectivity index (χ1) is 9.96. The van der Waals surface area contributed by atoms with Crippen molar-refractivity contribution in [1.82, 2.24) is 9.97 Å². The van der Waals surface area contributed by atoms with Crippen LogP contribution in [0.1, 0.15) is 38.4 Å². The number of carbonyl (C=O) groups is 1. The highest BCUT2D eigenvalue weighted by Gasteiger charge is 2.23. The number of hydrogen-bond donors (Lipinski definition) is 2. The number of rotatable bonds is 6. The summed E-state index contributed by atoms with van der Waals surface area (Å²) in [5.41, 5.74) is 0. The molecule has 0 spiro atoms. The molecule has 0 aromatic carbocycles. The Balaban J connectivity index is 2.49. The van der Waals surface area contributed by atoms with Gasteiger partial charge in [-0.3, -0.25) is 0 Å². The Labute approximate surface area is 128 Å². The lowest BCUT2D eigenvalue weighted by atomic mass is 10.0. The molecule has 2 rings (SSSR count). The van der Waals surface area contributed by atoms with E-state index in [-0.39, 0.29) is 5.92 Å². The van der Waals surface area contributed by atoms with Gasteiger partial charge in [0, 0.05) is 11.3 Å². The van der Waals surface area contributed by atoms with Gasteiger partial charge in [-0.1, -0.05) is 27.7 Å². The van der Waals surface area contributed by atoms with E-state index in [2.05, 4.69) is 28.3 Å². The van der Waals surface area contributed by atoms with Gasteiger partial charge in [0.15, 0.2) is 0 Å². The number of thiophene rings is 1. The van der Waals surface area contributed by atoms with E-state index >= 15 is 0 Å². The molecular formula is C15H21N3O2S. The lowest BCUT2D eigenvalue weighted by Crippen LogP contribution is -2.34. The molecule has 0 radical (unpaired) electrons. The fraction of sp³-hybridized carbons (Fsp3) is 0.533. The maximum Gasteiger partial charge on any atom is 0.326 e. The quantitative estimate of drug-likeness (QED) is 0.856. The lowest BCUT2D eigenvalue weighted by molar-refractivity contribution is -0.138. The van der Waals surface area contributed by atoms with Gasteiger partial charge < -0.3 is 10.4 Å². The van der Waals surface area contributed by atoms with Crippen LogP contribution in [0.3, 0.4) is 0 Å². The number of fused-ring (bicyclic) bond motifs is 1. The number of anilines is 1. The van der Waals surface area contributed by atoms with Crippen molar-refractivity contribution in [3.8, 4) is 0 Å². The van der Waals surface area contributed by atoms with Crippen molar-refractivity contribution in [2.45, 2.75) is 46.6 Å². The van der Waals surface area contributed by atoms with Gasteiger partial charge in [0.2, 0.25) is 0 Å². The van der Waals surface area contributed by atoms with Gasteiger partial charge >= 0.3 is 5.97 Å². The maximum absolute atomic E-state index is 11.4. The second-order valence-electron chi connectivity index (χ2n) is 5.33. The van der Waals surface area contributed by atoms with Crippen LogP contribution in [-0.4, -0.2) is 27.1 Å². The molecule has 0 saturated carbocycles. The van der Waals surface area contributed by atoms with E-state index in [1.807, 2.05) is 20.8 Å². The first kappa shape index (κ1) is 15.7. The molecule has 5 nitrogen and oxygen atoms in total. The van der Waals surface area contributed by atoms with Crippen molar-refractivity contribution < 1.29 is 9.90 Å².